The van der Waals surface area contributed by atoms with Gasteiger partial charge in [-0.2, -0.15) is 0 Å². The largest absolute Gasteiger partial charge is 0.377 e. The van der Waals surface area contributed by atoms with Crippen LogP contribution in [0.4, 0.5) is 11.4 Å². The molecule has 0 atom stereocenters. The Morgan fingerprint density at radius 1 is 1.26 bits per heavy atom. The van der Waals surface area contributed by atoms with Crippen LogP contribution in [-0.2, 0) is 18.3 Å². The van der Waals surface area contributed by atoms with E-state index in [9.17, 15) is 14.4 Å². The minimum Gasteiger partial charge on any atom is -0.377 e. The van der Waals surface area contributed by atoms with Gasteiger partial charge in [0.05, 0.1) is 0 Å². The van der Waals surface area contributed by atoms with E-state index >= 15 is 0 Å². The van der Waals surface area contributed by atoms with Crippen LogP contribution in [-0.4, -0.2) is 39.5 Å². The molecule has 2 heterocycles. The first-order valence-corrected chi connectivity index (χ1v) is 8.52. The SMILES string of the molecule is Cc1cc(NC(=O)CCc2nc3c([nH]2)c(=O)[nH]c(=O)n3C)ccc1N(C)C. The fourth-order valence-electron chi connectivity index (χ4n) is 2.96. The summed E-state index contributed by atoms with van der Waals surface area (Å²) in [4.78, 5) is 47.0. The number of hydrogen-bond donors (Lipinski definition) is 3. The van der Waals surface area contributed by atoms with E-state index in [1.165, 1.54) is 11.6 Å². The number of amides is 1. The highest BCUT2D eigenvalue weighted by atomic mass is 16.2. The molecule has 3 rings (SSSR count). The smallest absolute Gasteiger partial charge is 0.329 e. The Kier molecular flexibility index (Phi) is 4.85. The van der Waals surface area contributed by atoms with Gasteiger partial charge in [-0.05, 0) is 30.7 Å². The highest BCUT2D eigenvalue weighted by molar-refractivity contribution is 5.91. The van der Waals surface area contributed by atoms with Gasteiger partial charge in [0.1, 0.15) is 11.3 Å². The lowest BCUT2D eigenvalue weighted by Gasteiger charge is -2.16. The summed E-state index contributed by atoms with van der Waals surface area (Å²) in [6.07, 6.45) is 0.517. The third-order valence-corrected chi connectivity index (χ3v) is 4.35. The lowest BCUT2D eigenvalue weighted by molar-refractivity contribution is -0.116. The van der Waals surface area contributed by atoms with Gasteiger partial charge in [-0.15, -0.1) is 0 Å². The van der Waals surface area contributed by atoms with Gasteiger partial charge in [0.2, 0.25) is 5.91 Å². The number of anilines is 2. The molecule has 27 heavy (non-hydrogen) atoms. The molecule has 3 aromatic rings. The molecule has 1 amide bonds. The summed E-state index contributed by atoms with van der Waals surface area (Å²) in [5.74, 6) is 0.321. The molecule has 2 aromatic heterocycles. The predicted molar refractivity (Wildman–Crippen MR) is 104 cm³/mol. The van der Waals surface area contributed by atoms with E-state index in [0.717, 1.165) is 16.9 Å². The monoisotopic (exact) mass is 370 g/mol. The van der Waals surface area contributed by atoms with Gasteiger partial charge in [0.15, 0.2) is 5.65 Å². The normalized spacial score (nSPS) is 11.0. The number of nitrogens with one attached hydrogen (secondary N) is 3. The Hall–Kier alpha value is -3.36. The molecular formula is C18H22N6O3. The van der Waals surface area contributed by atoms with Crippen molar-refractivity contribution in [2.45, 2.75) is 19.8 Å². The molecule has 3 N–H and O–H groups in total. The molecule has 0 saturated carbocycles. The van der Waals surface area contributed by atoms with Crippen LogP contribution in [0.5, 0.6) is 0 Å². The van der Waals surface area contributed by atoms with Crippen molar-refractivity contribution in [3.8, 4) is 0 Å². The second kappa shape index (κ2) is 7.10. The van der Waals surface area contributed by atoms with E-state index in [0.29, 0.717) is 12.2 Å². The minimum atomic E-state index is -0.528. The topological polar surface area (TPSA) is 116 Å². The molecule has 0 aliphatic heterocycles. The molecule has 0 radical (unpaired) electrons. The summed E-state index contributed by atoms with van der Waals surface area (Å²) >= 11 is 0. The van der Waals surface area contributed by atoms with Gasteiger partial charge >= 0.3 is 5.69 Å². The number of nitrogens with zero attached hydrogens (tertiary/aromatic N) is 3. The van der Waals surface area contributed by atoms with Gasteiger partial charge in [-0.1, -0.05) is 0 Å². The maximum Gasteiger partial charge on any atom is 0.329 e. The summed E-state index contributed by atoms with van der Waals surface area (Å²) in [6.45, 7) is 1.99. The Morgan fingerprint density at radius 3 is 2.67 bits per heavy atom. The first-order chi connectivity index (χ1) is 12.8. The van der Waals surface area contributed by atoms with E-state index < -0.39 is 11.2 Å². The van der Waals surface area contributed by atoms with Crippen LogP contribution in [0.15, 0.2) is 27.8 Å². The summed E-state index contributed by atoms with van der Waals surface area (Å²) in [7, 11) is 5.46. The number of fused-ring (bicyclic) bond motifs is 1. The van der Waals surface area contributed by atoms with Crippen LogP contribution in [0.25, 0.3) is 11.2 Å². The Morgan fingerprint density at radius 2 is 2.00 bits per heavy atom. The van der Waals surface area contributed by atoms with E-state index in [4.69, 9.17) is 0 Å². The van der Waals surface area contributed by atoms with Crippen molar-refractivity contribution < 1.29 is 4.79 Å². The summed E-state index contributed by atoms with van der Waals surface area (Å²) in [5, 5.41) is 2.86. The van der Waals surface area contributed by atoms with Crippen LogP contribution >= 0.6 is 0 Å². The van der Waals surface area contributed by atoms with E-state index in [-0.39, 0.29) is 23.5 Å². The quantitative estimate of drug-likeness (QED) is 0.617. The van der Waals surface area contributed by atoms with Crippen molar-refractivity contribution >= 4 is 28.4 Å². The van der Waals surface area contributed by atoms with Crippen LogP contribution in [0.1, 0.15) is 17.8 Å². The second-order valence-corrected chi connectivity index (χ2v) is 6.64. The van der Waals surface area contributed by atoms with E-state index in [2.05, 4.69) is 20.3 Å². The average molecular weight is 370 g/mol. The number of rotatable bonds is 5. The fourth-order valence-corrected chi connectivity index (χ4v) is 2.96. The van der Waals surface area contributed by atoms with E-state index in [1.807, 2.05) is 44.1 Å². The second-order valence-electron chi connectivity index (χ2n) is 6.64. The number of aromatic nitrogens is 4. The van der Waals surface area contributed by atoms with Gasteiger partial charge < -0.3 is 15.2 Å². The van der Waals surface area contributed by atoms with Crippen molar-refractivity contribution in [2.75, 3.05) is 24.3 Å². The summed E-state index contributed by atoms with van der Waals surface area (Å²) in [5.41, 5.74) is 2.33. The Bertz CT molecular complexity index is 1120. The molecule has 142 valence electrons. The van der Waals surface area contributed by atoms with Gasteiger partial charge in [-0.25, -0.2) is 9.78 Å². The number of imidazole rings is 1. The van der Waals surface area contributed by atoms with Crippen molar-refractivity contribution in [2.24, 2.45) is 7.05 Å². The maximum atomic E-state index is 12.2. The summed E-state index contributed by atoms with van der Waals surface area (Å²) in [6, 6.07) is 5.73. The molecule has 9 heteroatoms. The van der Waals surface area contributed by atoms with Crippen LogP contribution in [0.3, 0.4) is 0 Å². The van der Waals surface area contributed by atoms with Crippen molar-refractivity contribution in [3.63, 3.8) is 0 Å². The number of carbonyl (C=O) groups excluding carboxylic acids is 1. The van der Waals surface area contributed by atoms with Gasteiger partial charge in [0.25, 0.3) is 5.56 Å². The Labute approximate surface area is 155 Å². The van der Waals surface area contributed by atoms with Crippen LogP contribution in [0, 0.1) is 6.92 Å². The number of carbonyl (C=O) groups is 1. The zero-order chi connectivity index (χ0) is 19.7. The van der Waals surface area contributed by atoms with Gasteiger partial charge in [0, 0.05) is 45.4 Å². The molecule has 0 spiro atoms. The number of aromatic amines is 2. The molecule has 0 unspecified atom stereocenters. The van der Waals surface area contributed by atoms with Crippen molar-refractivity contribution in [1.82, 2.24) is 19.5 Å². The average Bonchev–Trinajstić information content (AvgIpc) is 3.03. The predicted octanol–water partition coefficient (Wildman–Crippen LogP) is 0.896. The standard InChI is InChI=1S/C18H22N6O3/c1-10-9-11(5-6-12(10)23(2)3)19-14(25)8-7-13-20-15-16(21-13)24(4)18(27)22-17(15)26/h5-6,9H,7-8H2,1-4H3,(H,19,25)(H,20,21)(H,22,26,27). The lowest BCUT2D eigenvalue weighted by Crippen LogP contribution is -2.28. The number of aryl methyl sites for hydroxylation is 3. The van der Waals surface area contributed by atoms with Crippen molar-refractivity contribution in [1.29, 1.82) is 0 Å². The molecule has 0 saturated heterocycles. The zero-order valence-corrected chi connectivity index (χ0v) is 15.7. The van der Waals surface area contributed by atoms with Gasteiger partial charge in [-0.3, -0.25) is 19.1 Å². The number of H-pyrrole nitrogens is 2. The molecule has 9 nitrogen and oxygen atoms in total. The van der Waals surface area contributed by atoms with Crippen LogP contribution in [0.2, 0.25) is 0 Å². The summed E-state index contributed by atoms with van der Waals surface area (Å²) < 4.78 is 1.26. The number of benzene rings is 1. The molecular weight excluding hydrogens is 348 g/mol. The molecule has 0 bridgehead atoms. The third kappa shape index (κ3) is 3.76. The maximum absolute atomic E-state index is 12.2. The van der Waals surface area contributed by atoms with E-state index in [1.54, 1.807) is 0 Å². The number of hydrogen-bond acceptors (Lipinski definition) is 5. The molecule has 0 aliphatic rings. The minimum absolute atomic E-state index is 0.157. The fraction of sp³-hybridized carbons (Fsp3) is 0.333. The first-order valence-electron chi connectivity index (χ1n) is 8.52. The van der Waals surface area contributed by atoms with Crippen molar-refractivity contribution in [3.05, 3.63) is 50.4 Å². The molecule has 0 aliphatic carbocycles. The third-order valence-electron chi connectivity index (χ3n) is 4.35. The van der Waals surface area contributed by atoms with Crippen LogP contribution < -0.4 is 21.5 Å². The highest BCUT2D eigenvalue weighted by Crippen LogP contribution is 2.22. The Balaban J connectivity index is 1.69. The zero-order valence-electron chi connectivity index (χ0n) is 15.7. The lowest BCUT2D eigenvalue weighted by atomic mass is 10.1. The molecule has 0 fully saturated rings. The highest BCUT2D eigenvalue weighted by Gasteiger charge is 2.12. The first kappa shape index (κ1) is 18.4. The molecule has 1 aromatic carbocycles.